The van der Waals surface area contributed by atoms with Gasteiger partial charge in [-0.05, 0) is 86.5 Å². The number of nitrogens with one attached hydrogen (secondary N) is 3. The van der Waals surface area contributed by atoms with Gasteiger partial charge in [-0.15, -0.1) is 0 Å². The number of piperidine rings is 1. The Morgan fingerprint density at radius 2 is 1.88 bits per heavy atom. The number of sulfonamides is 1. The molecule has 296 valence electrons. The molecule has 3 saturated carbocycles. The molecule has 3 aliphatic carbocycles. The van der Waals surface area contributed by atoms with E-state index in [9.17, 15) is 23.3 Å². The van der Waals surface area contributed by atoms with Crippen LogP contribution in [0.2, 0.25) is 0 Å². The van der Waals surface area contributed by atoms with Gasteiger partial charge in [0.15, 0.2) is 0 Å². The van der Waals surface area contributed by atoms with E-state index in [0.717, 1.165) is 88.1 Å². The Hall–Kier alpha value is -4.80. The van der Waals surface area contributed by atoms with E-state index in [4.69, 9.17) is 9.47 Å². The average molecular weight is 785 g/mol. The highest BCUT2D eigenvalue weighted by molar-refractivity contribution is 7.90. The molecule has 16 heteroatoms. The second kappa shape index (κ2) is 14.6. The minimum absolute atomic E-state index is 0.00701. The number of hydrogen-bond acceptors (Lipinski definition) is 12. The second-order valence-electron chi connectivity index (χ2n) is 16.6. The van der Waals surface area contributed by atoms with Crippen molar-refractivity contribution in [3.8, 4) is 11.5 Å². The molecule has 1 aromatic carbocycles. The van der Waals surface area contributed by atoms with Gasteiger partial charge in [0.05, 0.1) is 35.6 Å². The molecule has 3 N–H and O–H groups in total. The van der Waals surface area contributed by atoms with Crippen molar-refractivity contribution >= 4 is 44.2 Å². The maximum atomic E-state index is 13.8. The molecule has 15 nitrogen and oxygen atoms in total. The summed E-state index contributed by atoms with van der Waals surface area (Å²) in [5.41, 5.74) is 1.38. The van der Waals surface area contributed by atoms with Gasteiger partial charge in [0, 0.05) is 67.7 Å². The lowest BCUT2D eigenvalue weighted by Gasteiger charge is -2.56. The summed E-state index contributed by atoms with van der Waals surface area (Å²) in [6.45, 7) is 6.30. The number of H-pyrrole nitrogens is 1. The predicted molar refractivity (Wildman–Crippen MR) is 210 cm³/mol. The lowest BCUT2D eigenvalue weighted by Crippen LogP contribution is -2.57. The number of benzene rings is 1. The van der Waals surface area contributed by atoms with Crippen LogP contribution in [0.3, 0.4) is 0 Å². The second-order valence-corrected chi connectivity index (χ2v) is 18.3. The van der Waals surface area contributed by atoms with Crippen molar-refractivity contribution in [3.63, 3.8) is 0 Å². The highest BCUT2D eigenvalue weighted by Gasteiger charge is 2.54. The fourth-order valence-corrected chi connectivity index (χ4v) is 10.3. The van der Waals surface area contributed by atoms with E-state index in [0.29, 0.717) is 53.4 Å². The van der Waals surface area contributed by atoms with Gasteiger partial charge in [0.25, 0.3) is 15.9 Å². The van der Waals surface area contributed by atoms with E-state index in [1.807, 2.05) is 12.1 Å². The molecule has 0 radical (unpaired) electrons. The molecule has 4 aromatic rings. The van der Waals surface area contributed by atoms with Crippen LogP contribution in [0.15, 0.2) is 59.9 Å². The molecule has 3 aromatic heterocycles. The van der Waals surface area contributed by atoms with Crippen molar-refractivity contribution in [2.75, 3.05) is 43.0 Å². The number of carbonyl (C=O) groups excluding carboxylic acids is 1. The molecule has 5 fully saturated rings. The molecule has 5 heterocycles. The summed E-state index contributed by atoms with van der Waals surface area (Å²) in [4.78, 5) is 41.3. The summed E-state index contributed by atoms with van der Waals surface area (Å²) in [7, 11) is -4.57. The maximum Gasteiger partial charge on any atom is 0.312 e. The summed E-state index contributed by atoms with van der Waals surface area (Å²) < 4.78 is 41.4. The number of morpholine rings is 1. The summed E-state index contributed by atoms with van der Waals surface area (Å²) in [5, 5.41) is 15.9. The fourth-order valence-electron chi connectivity index (χ4n) is 9.39. The van der Waals surface area contributed by atoms with E-state index in [1.165, 1.54) is 25.5 Å². The number of ether oxygens (including phenoxy) is 2. The van der Waals surface area contributed by atoms with E-state index in [2.05, 4.69) is 41.7 Å². The lowest BCUT2D eigenvalue weighted by atomic mass is 9.60. The number of nitro groups is 1. The van der Waals surface area contributed by atoms with Gasteiger partial charge in [-0.3, -0.25) is 19.8 Å². The number of fused-ring (bicyclic) bond motifs is 2. The molecular weight excluding hydrogens is 737 g/mol. The standard InChI is InChI=1S/C40H48N8O7S/c1-25-2-4-26(5-3-25)22-42-38-34(48(50)51)18-31(24-44-38)56(52,53)45-39(49)32-7-6-28(17-35(32)55-30-16-27-8-11-41-37(27)43-23-30)46-12-9-40(10-13-46)20-29(21-40)47-14-15-54-36-19-33(36)47/h6-8,11,16-18,23-26,29,33,36H,2-5,9-10,12-15,19-22H2,1H3,(H,41,43)(H,42,44)(H,45,49). The van der Waals surface area contributed by atoms with E-state index in [1.54, 1.807) is 24.4 Å². The van der Waals surface area contributed by atoms with Crippen molar-refractivity contribution in [2.24, 2.45) is 17.3 Å². The van der Waals surface area contributed by atoms with Crippen molar-refractivity contribution in [1.29, 1.82) is 0 Å². The Labute approximate surface area is 325 Å². The summed E-state index contributed by atoms with van der Waals surface area (Å²) in [6, 6.07) is 11.0. The lowest BCUT2D eigenvalue weighted by molar-refractivity contribution is -0.384. The highest BCUT2D eigenvalue weighted by atomic mass is 32.2. The number of anilines is 2. The average Bonchev–Trinajstić information content (AvgIpc) is 3.84. The number of aromatic amines is 1. The maximum absolute atomic E-state index is 13.8. The molecular formula is C40H48N8O7S. The normalized spacial score (nSPS) is 25.0. The third kappa shape index (κ3) is 7.41. The first kappa shape index (κ1) is 36.8. The van der Waals surface area contributed by atoms with Crippen molar-refractivity contribution < 1.29 is 27.6 Å². The van der Waals surface area contributed by atoms with E-state index in [-0.39, 0.29) is 17.1 Å². The van der Waals surface area contributed by atoms with Crippen LogP contribution in [-0.4, -0.2) is 90.1 Å². The first-order valence-electron chi connectivity index (χ1n) is 19.9. The quantitative estimate of drug-likeness (QED) is 0.115. The molecule has 2 atom stereocenters. The van der Waals surface area contributed by atoms with Gasteiger partial charge in [-0.2, -0.15) is 0 Å². The zero-order valence-electron chi connectivity index (χ0n) is 31.5. The number of hydrogen-bond donors (Lipinski definition) is 3. The Morgan fingerprint density at radius 3 is 2.66 bits per heavy atom. The van der Waals surface area contributed by atoms with Gasteiger partial charge in [-0.25, -0.2) is 23.1 Å². The van der Waals surface area contributed by atoms with Crippen LogP contribution in [-0.2, 0) is 14.8 Å². The number of aromatic nitrogens is 3. The Balaban J connectivity index is 0.913. The van der Waals surface area contributed by atoms with Crippen molar-refractivity contribution in [1.82, 2.24) is 24.6 Å². The van der Waals surface area contributed by atoms with Gasteiger partial charge < -0.3 is 24.7 Å². The molecule has 2 unspecified atom stereocenters. The van der Waals surface area contributed by atoms with E-state index < -0.39 is 31.4 Å². The molecule has 5 aliphatic rings. The zero-order chi connectivity index (χ0) is 38.6. The molecule has 2 saturated heterocycles. The molecule has 9 rings (SSSR count). The number of amides is 1. The predicted octanol–water partition coefficient (Wildman–Crippen LogP) is 6.24. The van der Waals surface area contributed by atoms with Crippen LogP contribution in [0.4, 0.5) is 17.2 Å². The highest BCUT2D eigenvalue weighted by Crippen LogP contribution is 2.54. The minimum atomic E-state index is -4.57. The third-order valence-corrected chi connectivity index (χ3v) is 14.2. The van der Waals surface area contributed by atoms with Crippen LogP contribution in [0.25, 0.3) is 11.0 Å². The van der Waals surface area contributed by atoms with Gasteiger partial charge in [-0.1, -0.05) is 19.8 Å². The summed E-state index contributed by atoms with van der Waals surface area (Å²) in [6.07, 6.45) is 14.8. The fraction of sp³-hybridized carbons (Fsp3) is 0.525. The van der Waals surface area contributed by atoms with Crippen LogP contribution in [0, 0.1) is 27.4 Å². The molecule has 1 amide bonds. The third-order valence-electron chi connectivity index (χ3n) is 12.9. The molecule has 2 aliphatic heterocycles. The first-order valence-corrected chi connectivity index (χ1v) is 21.3. The SMILES string of the molecule is CC1CCC(CNc2ncc(S(=O)(=O)NC(=O)c3ccc(N4CCC5(CC4)CC(N4CCOC6CC64)C5)cc3Oc3cnc4[nH]ccc4c3)cc2[N+](=O)[O-])CC1. The number of rotatable bonds is 11. The summed E-state index contributed by atoms with van der Waals surface area (Å²) in [5.74, 6) is 0.593. The largest absolute Gasteiger partial charge is 0.455 e. The molecule has 0 bridgehead atoms. The smallest absolute Gasteiger partial charge is 0.312 e. The van der Waals surface area contributed by atoms with Crippen LogP contribution >= 0.6 is 0 Å². The van der Waals surface area contributed by atoms with Gasteiger partial charge in [0.2, 0.25) is 5.82 Å². The van der Waals surface area contributed by atoms with Crippen LogP contribution in [0.1, 0.15) is 75.1 Å². The zero-order valence-corrected chi connectivity index (χ0v) is 32.3. The van der Waals surface area contributed by atoms with Crippen molar-refractivity contribution in [2.45, 2.75) is 87.8 Å². The van der Waals surface area contributed by atoms with E-state index >= 15 is 0 Å². The number of pyridine rings is 2. The Morgan fingerprint density at radius 1 is 1.07 bits per heavy atom. The molecule has 1 spiro atoms. The van der Waals surface area contributed by atoms with Crippen LogP contribution in [0.5, 0.6) is 11.5 Å². The Kier molecular flexibility index (Phi) is 9.60. The van der Waals surface area contributed by atoms with Gasteiger partial charge >= 0.3 is 5.69 Å². The summed E-state index contributed by atoms with van der Waals surface area (Å²) >= 11 is 0. The molecule has 56 heavy (non-hydrogen) atoms. The topological polar surface area (TPSA) is 185 Å². The van der Waals surface area contributed by atoms with Crippen molar-refractivity contribution in [3.05, 3.63) is 70.7 Å². The number of nitrogens with zero attached hydrogens (tertiary/aromatic N) is 5. The first-order chi connectivity index (χ1) is 27.0. The minimum Gasteiger partial charge on any atom is -0.455 e. The van der Waals surface area contributed by atoms with Crippen LogP contribution < -0.4 is 19.7 Å². The number of carbonyl (C=O) groups is 1. The monoisotopic (exact) mass is 784 g/mol. The van der Waals surface area contributed by atoms with Gasteiger partial charge in [0.1, 0.15) is 22.0 Å². The Bertz CT molecular complexity index is 2240.